The van der Waals surface area contributed by atoms with Crippen molar-refractivity contribution in [3.05, 3.63) is 70.7 Å². The molecule has 0 aliphatic heterocycles. The zero-order valence-electron chi connectivity index (χ0n) is 16.2. The quantitative estimate of drug-likeness (QED) is 0.580. The molecule has 2 heterocycles. The SMILES string of the molecule is COc1ccc(C)cc1CCNC(=O)c1cccnc1SCc1cc(C)on1. The number of nitrogens with zero attached hydrogens (tertiary/aromatic N) is 2. The predicted octanol–water partition coefficient (Wildman–Crippen LogP) is 3.96. The van der Waals surface area contributed by atoms with Crippen LogP contribution in [0.3, 0.4) is 0 Å². The number of amides is 1. The first-order valence-electron chi connectivity index (χ1n) is 8.98. The van der Waals surface area contributed by atoms with Gasteiger partial charge in [0.1, 0.15) is 16.5 Å². The molecule has 0 aliphatic carbocycles. The molecule has 3 aromatic rings. The summed E-state index contributed by atoms with van der Waals surface area (Å²) in [6, 6.07) is 11.5. The van der Waals surface area contributed by atoms with Gasteiger partial charge in [-0.2, -0.15) is 0 Å². The van der Waals surface area contributed by atoms with Crippen molar-refractivity contribution in [3.63, 3.8) is 0 Å². The van der Waals surface area contributed by atoms with Crippen molar-refractivity contribution in [2.45, 2.75) is 31.0 Å². The topological polar surface area (TPSA) is 77.2 Å². The number of thioether (sulfide) groups is 1. The van der Waals surface area contributed by atoms with Gasteiger partial charge < -0.3 is 14.6 Å². The Morgan fingerprint density at radius 3 is 2.86 bits per heavy atom. The van der Waals surface area contributed by atoms with E-state index in [-0.39, 0.29) is 5.91 Å². The van der Waals surface area contributed by atoms with Crippen LogP contribution in [0.5, 0.6) is 5.75 Å². The molecular weight excluding hydrogens is 374 g/mol. The molecule has 0 saturated carbocycles. The molecule has 0 aliphatic rings. The lowest BCUT2D eigenvalue weighted by atomic mass is 10.1. The first-order valence-corrected chi connectivity index (χ1v) is 9.97. The highest BCUT2D eigenvalue weighted by molar-refractivity contribution is 7.98. The average Bonchev–Trinajstić information content (AvgIpc) is 3.12. The van der Waals surface area contributed by atoms with Crippen LogP contribution in [0.2, 0.25) is 0 Å². The molecule has 2 aromatic heterocycles. The van der Waals surface area contributed by atoms with Crippen molar-refractivity contribution in [2.75, 3.05) is 13.7 Å². The molecule has 0 bridgehead atoms. The number of aromatic nitrogens is 2. The van der Waals surface area contributed by atoms with Crippen molar-refractivity contribution >= 4 is 17.7 Å². The van der Waals surface area contributed by atoms with Gasteiger partial charge in [-0.05, 0) is 44.0 Å². The molecule has 0 atom stereocenters. The number of benzene rings is 1. The maximum Gasteiger partial charge on any atom is 0.254 e. The second-order valence-electron chi connectivity index (χ2n) is 6.39. The molecule has 1 amide bonds. The molecule has 0 fully saturated rings. The molecule has 0 radical (unpaired) electrons. The third-order valence-electron chi connectivity index (χ3n) is 4.17. The summed E-state index contributed by atoms with van der Waals surface area (Å²) in [6.45, 7) is 4.40. The summed E-state index contributed by atoms with van der Waals surface area (Å²) in [7, 11) is 1.66. The molecule has 28 heavy (non-hydrogen) atoms. The number of hydrogen-bond donors (Lipinski definition) is 1. The molecule has 0 unspecified atom stereocenters. The van der Waals surface area contributed by atoms with Crippen molar-refractivity contribution < 1.29 is 14.1 Å². The molecule has 146 valence electrons. The van der Waals surface area contributed by atoms with E-state index >= 15 is 0 Å². The van der Waals surface area contributed by atoms with E-state index in [4.69, 9.17) is 9.26 Å². The smallest absolute Gasteiger partial charge is 0.254 e. The van der Waals surface area contributed by atoms with E-state index in [9.17, 15) is 4.79 Å². The lowest BCUT2D eigenvalue weighted by Crippen LogP contribution is -2.26. The molecular formula is C21H23N3O3S. The minimum atomic E-state index is -0.140. The van der Waals surface area contributed by atoms with Crippen LogP contribution in [0.1, 0.15) is 32.9 Å². The standard InChI is InChI=1S/C21H23N3O3S/c1-14-6-7-19(26-3)16(11-14)8-10-22-20(25)18-5-4-9-23-21(18)28-13-17-12-15(2)27-24-17/h4-7,9,11-12H,8,10,13H2,1-3H3,(H,22,25). The highest BCUT2D eigenvalue weighted by atomic mass is 32.2. The number of carbonyl (C=O) groups excluding carboxylic acids is 1. The van der Waals surface area contributed by atoms with Crippen molar-refractivity contribution in [1.29, 1.82) is 0 Å². The number of pyridine rings is 1. The van der Waals surface area contributed by atoms with E-state index in [1.165, 1.54) is 11.8 Å². The van der Waals surface area contributed by atoms with Gasteiger partial charge in [0.05, 0.1) is 18.4 Å². The summed E-state index contributed by atoms with van der Waals surface area (Å²) >= 11 is 1.47. The van der Waals surface area contributed by atoms with Crippen molar-refractivity contribution in [2.24, 2.45) is 0 Å². The van der Waals surface area contributed by atoms with Crippen LogP contribution in [0.4, 0.5) is 0 Å². The van der Waals surface area contributed by atoms with E-state index in [2.05, 4.69) is 21.5 Å². The molecule has 1 N–H and O–H groups in total. The van der Waals surface area contributed by atoms with Crippen molar-refractivity contribution in [1.82, 2.24) is 15.5 Å². The average molecular weight is 398 g/mol. The van der Waals surface area contributed by atoms with Gasteiger partial charge in [0.2, 0.25) is 0 Å². The fourth-order valence-corrected chi connectivity index (χ4v) is 3.69. The Balaban J connectivity index is 1.61. The Bertz CT molecular complexity index is 956. The summed E-state index contributed by atoms with van der Waals surface area (Å²) in [6.07, 6.45) is 2.38. The summed E-state index contributed by atoms with van der Waals surface area (Å²) in [5, 5.41) is 7.63. The Labute approximate surface area is 168 Å². The molecule has 3 rings (SSSR count). The van der Waals surface area contributed by atoms with Gasteiger partial charge in [0.25, 0.3) is 5.91 Å². The van der Waals surface area contributed by atoms with Gasteiger partial charge >= 0.3 is 0 Å². The second-order valence-corrected chi connectivity index (χ2v) is 7.36. The number of carbonyl (C=O) groups is 1. The number of ether oxygens (including phenoxy) is 1. The molecule has 0 saturated heterocycles. The number of aryl methyl sites for hydroxylation is 2. The number of rotatable bonds is 8. The van der Waals surface area contributed by atoms with Crippen LogP contribution in [-0.4, -0.2) is 29.7 Å². The minimum Gasteiger partial charge on any atom is -0.496 e. The molecule has 7 heteroatoms. The lowest BCUT2D eigenvalue weighted by Gasteiger charge is -2.11. The number of hydrogen-bond acceptors (Lipinski definition) is 6. The van der Waals surface area contributed by atoms with E-state index < -0.39 is 0 Å². The Hall–Kier alpha value is -2.80. The second kappa shape index (κ2) is 9.41. The molecule has 6 nitrogen and oxygen atoms in total. The minimum absolute atomic E-state index is 0.140. The fraction of sp³-hybridized carbons (Fsp3) is 0.286. The van der Waals surface area contributed by atoms with Gasteiger partial charge in [-0.15, -0.1) is 0 Å². The van der Waals surface area contributed by atoms with Crippen LogP contribution in [0.25, 0.3) is 0 Å². The van der Waals surface area contributed by atoms with Crippen LogP contribution >= 0.6 is 11.8 Å². The third-order valence-corrected chi connectivity index (χ3v) is 5.20. The zero-order valence-corrected chi connectivity index (χ0v) is 17.0. The van der Waals surface area contributed by atoms with Crippen molar-refractivity contribution in [3.8, 4) is 5.75 Å². The molecule has 0 spiro atoms. The van der Waals surface area contributed by atoms with E-state index in [0.717, 1.165) is 28.3 Å². The van der Waals surface area contributed by atoms with Crippen LogP contribution < -0.4 is 10.1 Å². The summed E-state index contributed by atoms with van der Waals surface area (Å²) in [4.78, 5) is 17.0. The van der Waals surface area contributed by atoms with Crippen LogP contribution in [0.15, 0.2) is 52.1 Å². The lowest BCUT2D eigenvalue weighted by molar-refractivity contribution is 0.0950. The van der Waals surface area contributed by atoms with E-state index in [1.807, 2.05) is 32.0 Å². The fourth-order valence-electron chi connectivity index (χ4n) is 2.82. The number of nitrogens with one attached hydrogen (secondary N) is 1. The Morgan fingerprint density at radius 1 is 1.25 bits per heavy atom. The maximum absolute atomic E-state index is 12.7. The van der Waals surface area contributed by atoms with Gasteiger partial charge in [-0.3, -0.25) is 4.79 Å². The molecule has 1 aromatic carbocycles. The Morgan fingerprint density at radius 2 is 2.11 bits per heavy atom. The van der Waals surface area contributed by atoms with Gasteiger partial charge in [-0.25, -0.2) is 4.98 Å². The summed E-state index contributed by atoms with van der Waals surface area (Å²) in [5.74, 6) is 2.05. The normalized spacial score (nSPS) is 10.7. The number of methoxy groups -OCH3 is 1. The summed E-state index contributed by atoms with van der Waals surface area (Å²) < 4.78 is 10.5. The van der Waals surface area contributed by atoms with Gasteiger partial charge in [0, 0.05) is 24.6 Å². The van der Waals surface area contributed by atoms with Gasteiger partial charge in [-0.1, -0.05) is 34.6 Å². The summed E-state index contributed by atoms with van der Waals surface area (Å²) in [5.41, 5.74) is 3.62. The predicted molar refractivity (Wildman–Crippen MR) is 109 cm³/mol. The van der Waals surface area contributed by atoms with Crippen LogP contribution in [-0.2, 0) is 12.2 Å². The Kier molecular flexibility index (Phi) is 6.71. The van der Waals surface area contributed by atoms with E-state index in [1.54, 1.807) is 25.4 Å². The third kappa shape index (κ3) is 5.13. The monoisotopic (exact) mass is 397 g/mol. The largest absolute Gasteiger partial charge is 0.496 e. The highest BCUT2D eigenvalue weighted by Gasteiger charge is 2.14. The van der Waals surface area contributed by atoms with Gasteiger partial charge in [0.15, 0.2) is 0 Å². The first-order chi connectivity index (χ1) is 13.6. The maximum atomic E-state index is 12.7. The highest BCUT2D eigenvalue weighted by Crippen LogP contribution is 2.24. The first kappa shape index (κ1) is 19.9. The zero-order chi connectivity index (χ0) is 19.9. The van der Waals surface area contributed by atoms with E-state index in [0.29, 0.717) is 29.3 Å². The van der Waals surface area contributed by atoms with Crippen LogP contribution in [0, 0.1) is 13.8 Å².